The summed E-state index contributed by atoms with van der Waals surface area (Å²) in [5.41, 5.74) is 1.66. The van der Waals surface area contributed by atoms with Gasteiger partial charge in [0.2, 0.25) is 0 Å². The predicted molar refractivity (Wildman–Crippen MR) is 85.7 cm³/mol. The lowest BCUT2D eigenvalue weighted by molar-refractivity contribution is 0.319. The molecule has 2 rings (SSSR count). The van der Waals surface area contributed by atoms with E-state index < -0.39 is 9.84 Å². The van der Waals surface area contributed by atoms with E-state index >= 15 is 0 Å². The quantitative estimate of drug-likeness (QED) is 0.511. The molecule has 0 atom stereocenters. The number of rotatable bonds is 4. The Bertz CT molecular complexity index is 751. The van der Waals surface area contributed by atoms with Crippen molar-refractivity contribution in [1.82, 2.24) is 0 Å². The molecule has 0 radical (unpaired) electrons. The molecular weight excluding hydrogens is 354 g/mol. The fourth-order valence-electron chi connectivity index (χ4n) is 1.82. The van der Waals surface area contributed by atoms with E-state index in [0.29, 0.717) is 5.56 Å². The van der Waals surface area contributed by atoms with Gasteiger partial charge in [-0.15, -0.1) is 0 Å². The average molecular weight is 368 g/mol. The van der Waals surface area contributed by atoms with Crippen molar-refractivity contribution in [3.8, 4) is 0 Å². The van der Waals surface area contributed by atoms with E-state index in [1.54, 1.807) is 48.5 Å². The second-order valence-electron chi connectivity index (χ2n) is 4.63. The smallest absolute Gasteiger partial charge is 0.184 e. The van der Waals surface area contributed by atoms with Crippen LogP contribution in [-0.2, 0) is 9.84 Å². The molecule has 0 aliphatic rings. The number of oxime groups is 1. The second-order valence-corrected chi connectivity index (χ2v) is 7.53. The van der Waals surface area contributed by atoms with Gasteiger partial charge in [-0.1, -0.05) is 50.9 Å². The van der Waals surface area contributed by atoms with Gasteiger partial charge in [-0.25, -0.2) is 8.42 Å². The first-order valence-electron chi connectivity index (χ1n) is 6.19. The van der Waals surface area contributed by atoms with Gasteiger partial charge in [-0.2, -0.15) is 0 Å². The van der Waals surface area contributed by atoms with Crippen LogP contribution in [0, 0.1) is 6.92 Å². The van der Waals surface area contributed by atoms with Gasteiger partial charge in [-0.3, -0.25) is 0 Å². The minimum Gasteiger partial charge on any atom is -0.411 e. The standard InChI is InChI=1S/C15H14BrNO3S/c1-11-2-8-14(9-3-11)21(19,20)10-15(17-18)12-4-6-13(16)7-5-12/h2-9,18H,10H2,1H3/b17-15+. The van der Waals surface area contributed by atoms with Crippen LogP contribution in [-0.4, -0.2) is 25.1 Å². The largest absolute Gasteiger partial charge is 0.411 e. The maximum Gasteiger partial charge on any atom is 0.184 e. The first-order valence-corrected chi connectivity index (χ1v) is 8.63. The fourth-order valence-corrected chi connectivity index (χ4v) is 3.39. The molecule has 0 aliphatic carbocycles. The number of nitrogens with zero attached hydrogens (tertiary/aromatic N) is 1. The van der Waals surface area contributed by atoms with Crippen LogP contribution in [0.1, 0.15) is 11.1 Å². The number of hydrogen-bond donors (Lipinski definition) is 1. The van der Waals surface area contributed by atoms with Crippen LogP contribution in [0.4, 0.5) is 0 Å². The van der Waals surface area contributed by atoms with Crippen LogP contribution in [0.3, 0.4) is 0 Å². The van der Waals surface area contributed by atoms with Crippen LogP contribution in [0.2, 0.25) is 0 Å². The number of sulfone groups is 1. The summed E-state index contributed by atoms with van der Waals surface area (Å²) >= 11 is 3.30. The normalized spacial score (nSPS) is 12.4. The highest BCUT2D eigenvalue weighted by atomic mass is 79.9. The first kappa shape index (κ1) is 15.7. The molecule has 0 heterocycles. The molecule has 0 saturated carbocycles. The van der Waals surface area contributed by atoms with Crippen LogP contribution in [0.25, 0.3) is 0 Å². The Hall–Kier alpha value is -1.66. The van der Waals surface area contributed by atoms with Crippen molar-refractivity contribution < 1.29 is 13.6 Å². The molecule has 0 amide bonds. The van der Waals surface area contributed by atoms with Crippen molar-refractivity contribution in [1.29, 1.82) is 0 Å². The number of halogens is 1. The molecule has 1 N–H and O–H groups in total. The number of aryl methyl sites for hydroxylation is 1. The molecule has 0 bridgehead atoms. The predicted octanol–water partition coefficient (Wildman–Crippen LogP) is 3.41. The Labute approximate surface area is 132 Å². The maximum absolute atomic E-state index is 12.4. The molecule has 6 heteroatoms. The molecule has 0 spiro atoms. The molecule has 110 valence electrons. The Kier molecular flexibility index (Phi) is 4.80. The number of hydrogen-bond acceptors (Lipinski definition) is 4. The molecule has 0 aromatic heterocycles. The summed E-state index contributed by atoms with van der Waals surface area (Å²) in [6.07, 6.45) is 0. The molecule has 21 heavy (non-hydrogen) atoms. The van der Waals surface area contributed by atoms with Gasteiger partial charge >= 0.3 is 0 Å². The molecule has 0 fully saturated rings. The summed E-state index contributed by atoms with van der Waals surface area (Å²) in [6.45, 7) is 1.89. The lowest BCUT2D eigenvalue weighted by atomic mass is 10.1. The third-order valence-electron chi connectivity index (χ3n) is 3.00. The van der Waals surface area contributed by atoms with Crippen molar-refractivity contribution >= 4 is 31.5 Å². The highest BCUT2D eigenvalue weighted by molar-refractivity contribution is 9.10. The minimum atomic E-state index is -3.55. The average Bonchev–Trinajstić information content (AvgIpc) is 2.46. The Morgan fingerprint density at radius 3 is 2.19 bits per heavy atom. The number of benzene rings is 2. The Morgan fingerprint density at radius 1 is 1.10 bits per heavy atom. The highest BCUT2D eigenvalue weighted by Crippen LogP contribution is 2.16. The summed E-state index contributed by atoms with van der Waals surface area (Å²) in [4.78, 5) is 0.214. The van der Waals surface area contributed by atoms with E-state index in [9.17, 15) is 8.42 Å². The third kappa shape index (κ3) is 3.92. The van der Waals surface area contributed by atoms with Gasteiger partial charge < -0.3 is 5.21 Å². The molecule has 4 nitrogen and oxygen atoms in total. The summed E-state index contributed by atoms with van der Waals surface area (Å²) in [5.74, 6) is -0.353. The fraction of sp³-hybridized carbons (Fsp3) is 0.133. The van der Waals surface area contributed by atoms with Crippen molar-refractivity contribution in [2.75, 3.05) is 5.75 Å². The highest BCUT2D eigenvalue weighted by Gasteiger charge is 2.19. The van der Waals surface area contributed by atoms with E-state index in [1.807, 2.05) is 6.92 Å². The SMILES string of the molecule is Cc1ccc(S(=O)(=O)C/C(=N\O)c2ccc(Br)cc2)cc1. The molecule has 0 unspecified atom stereocenters. The first-order chi connectivity index (χ1) is 9.92. The summed E-state index contributed by atoms with van der Waals surface area (Å²) in [6, 6.07) is 13.5. The van der Waals surface area contributed by atoms with Crippen LogP contribution in [0.15, 0.2) is 63.1 Å². The zero-order valence-electron chi connectivity index (χ0n) is 11.3. The van der Waals surface area contributed by atoms with Crippen molar-refractivity contribution in [3.05, 3.63) is 64.1 Å². The monoisotopic (exact) mass is 367 g/mol. The molecular formula is C15H14BrNO3S. The van der Waals surface area contributed by atoms with E-state index in [2.05, 4.69) is 21.1 Å². The molecule has 0 aliphatic heterocycles. The summed E-state index contributed by atoms with van der Waals surface area (Å²) < 4.78 is 25.6. The van der Waals surface area contributed by atoms with Crippen molar-refractivity contribution in [2.45, 2.75) is 11.8 Å². The van der Waals surface area contributed by atoms with E-state index in [1.165, 1.54) is 0 Å². The van der Waals surface area contributed by atoms with Crippen molar-refractivity contribution in [3.63, 3.8) is 0 Å². The lowest BCUT2D eigenvalue weighted by Gasteiger charge is -2.07. The van der Waals surface area contributed by atoms with Crippen LogP contribution in [0.5, 0.6) is 0 Å². The summed E-state index contributed by atoms with van der Waals surface area (Å²) in [5, 5.41) is 12.3. The van der Waals surface area contributed by atoms with Gasteiger partial charge in [-0.05, 0) is 31.2 Å². The van der Waals surface area contributed by atoms with Crippen LogP contribution >= 0.6 is 15.9 Å². The molecule has 2 aromatic carbocycles. The van der Waals surface area contributed by atoms with Gasteiger partial charge in [0.1, 0.15) is 11.5 Å². The zero-order valence-corrected chi connectivity index (χ0v) is 13.7. The maximum atomic E-state index is 12.4. The minimum absolute atomic E-state index is 0.114. The molecule has 0 saturated heterocycles. The summed E-state index contributed by atoms with van der Waals surface area (Å²) in [7, 11) is -3.55. The Balaban J connectivity index is 2.29. The van der Waals surface area contributed by atoms with Gasteiger partial charge in [0.15, 0.2) is 9.84 Å². The van der Waals surface area contributed by atoms with E-state index in [-0.39, 0.29) is 16.4 Å². The lowest BCUT2D eigenvalue weighted by Crippen LogP contribution is -2.17. The third-order valence-corrected chi connectivity index (χ3v) is 5.18. The van der Waals surface area contributed by atoms with Crippen LogP contribution < -0.4 is 0 Å². The Morgan fingerprint density at radius 2 is 1.67 bits per heavy atom. The van der Waals surface area contributed by atoms with Gasteiger partial charge in [0.05, 0.1) is 4.90 Å². The topological polar surface area (TPSA) is 66.7 Å². The second kappa shape index (κ2) is 6.41. The van der Waals surface area contributed by atoms with Crippen molar-refractivity contribution in [2.24, 2.45) is 5.16 Å². The zero-order chi connectivity index (χ0) is 15.5. The van der Waals surface area contributed by atoms with E-state index in [4.69, 9.17) is 5.21 Å². The van der Waals surface area contributed by atoms with Gasteiger partial charge in [0, 0.05) is 10.0 Å². The molecule has 2 aromatic rings. The van der Waals surface area contributed by atoms with Gasteiger partial charge in [0.25, 0.3) is 0 Å². The van der Waals surface area contributed by atoms with E-state index in [0.717, 1.165) is 10.0 Å².